The van der Waals surface area contributed by atoms with Crippen LogP contribution in [-0.4, -0.2) is 29.2 Å². The van der Waals surface area contributed by atoms with Gasteiger partial charge in [0, 0.05) is 31.0 Å². The Morgan fingerprint density at radius 3 is 2.67 bits per heavy atom. The number of benzene rings is 1. The Balaban J connectivity index is 1.59. The van der Waals surface area contributed by atoms with E-state index in [-0.39, 0.29) is 0 Å². The average molecular weight is 283 g/mol. The summed E-state index contributed by atoms with van der Waals surface area (Å²) in [7, 11) is 0. The fourth-order valence-corrected chi connectivity index (χ4v) is 2.82. The second-order valence-corrected chi connectivity index (χ2v) is 5.59. The Morgan fingerprint density at radius 1 is 1.19 bits per heavy atom. The first-order valence-corrected chi connectivity index (χ1v) is 7.44. The number of phenolic OH excluding ortho intramolecular Hbond substituents is 1. The summed E-state index contributed by atoms with van der Waals surface area (Å²) in [4.78, 5) is 6.75. The molecule has 0 spiro atoms. The Bertz CT molecular complexity index is 592. The van der Waals surface area contributed by atoms with Crippen molar-refractivity contribution in [2.45, 2.75) is 25.8 Å². The van der Waals surface area contributed by atoms with Gasteiger partial charge >= 0.3 is 0 Å². The van der Waals surface area contributed by atoms with Crippen LogP contribution in [0.3, 0.4) is 0 Å². The zero-order valence-electron chi connectivity index (χ0n) is 12.3. The number of phenols is 1. The van der Waals surface area contributed by atoms with Crippen LogP contribution >= 0.6 is 0 Å². The first-order chi connectivity index (χ1) is 10.2. The highest BCUT2D eigenvalue weighted by molar-refractivity contribution is 5.54. The molecule has 0 atom stereocenters. The molecule has 0 bridgehead atoms. The molecule has 1 fully saturated rings. The standard InChI is InChI=1S/C17H21N3O/c1-13-12-15(21)5-6-16(13)19-14-7-10-20(11-8-14)17-4-2-3-9-18-17/h2-6,9,12,14,19,21H,7-8,10-11H2,1H3. The van der Waals surface area contributed by atoms with E-state index in [2.05, 4.69) is 21.3 Å². The van der Waals surface area contributed by atoms with Crippen LogP contribution in [0, 0.1) is 6.92 Å². The molecule has 1 aromatic carbocycles. The van der Waals surface area contributed by atoms with Gasteiger partial charge in [-0.15, -0.1) is 0 Å². The van der Waals surface area contributed by atoms with Gasteiger partial charge in [0.25, 0.3) is 0 Å². The summed E-state index contributed by atoms with van der Waals surface area (Å²) in [6.45, 7) is 4.06. The van der Waals surface area contributed by atoms with Crippen molar-refractivity contribution >= 4 is 11.5 Å². The van der Waals surface area contributed by atoms with Crippen molar-refractivity contribution in [3.63, 3.8) is 0 Å². The van der Waals surface area contributed by atoms with Crippen molar-refractivity contribution in [1.82, 2.24) is 4.98 Å². The maximum Gasteiger partial charge on any atom is 0.128 e. The Labute approximate surface area is 125 Å². The molecule has 4 heteroatoms. The predicted molar refractivity (Wildman–Crippen MR) is 85.9 cm³/mol. The van der Waals surface area contributed by atoms with Crippen LogP contribution in [-0.2, 0) is 0 Å². The SMILES string of the molecule is Cc1cc(O)ccc1NC1CCN(c2ccccn2)CC1. The fourth-order valence-electron chi connectivity index (χ4n) is 2.82. The molecule has 2 N–H and O–H groups in total. The second-order valence-electron chi connectivity index (χ2n) is 5.59. The van der Waals surface area contributed by atoms with Crippen molar-refractivity contribution in [2.24, 2.45) is 0 Å². The summed E-state index contributed by atoms with van der Waals surface area (Å²) < 4.78 is 0. The normalized spacial score (nSPS) is 16.0. The number of hydrogen-bond acceptors (Lipinski definition) is 4. The van der Waals surface area contributed by atoms with Gasteiger partial charge in [-0.3, -0.25) is 0 Å². The molecular formula is C17H21N3O. The molecule has 21 heavy (non-hydrogen) atoms. The van der Waals surface area contributed by atoms with Crippen molar-refractivity contribution in [3.8, 4) is 5.75 Å². The molecule has 0 amide bonds. The highest BCUT2D eigenvalue weighted by Gasteiger charge is 2.20. The largest absolute Gasteiger partial charge is 0.508 e. The number of nitrogens with zero attached hydrogens (tertiary/aromatic N) is 2. The first-order valence-electron chi connectivity index (χ1n) is 7.44. The minimum absolute atomic E-state index is 0.322. The quantitative estimate of drug-likeness (QED) is 0.849. The topological polar surface area (TPSA) is 48.4 Å². The number of hydrogen-bond donors (Lipinski definition) is 2. The van der Waals surface area contributed by atoms with E-state index in [9.17, 15) is 5.11 Å². The zero-order valence-corrected chi connectivity index (χ0v) is 12.3. The van der Waals surface area contributed by atoms with E-state index in [0.717, 1.165) is 43.0 Å². The number of anilines is 2. The van der Waals surface area contributed by atoms with Crippen LogP contribution in [0.1, 0.15) is 18.4 Å². The van der Waals surface area contributed by atoms with Crippen molar-refractivity contribution < 1.29 is 5.11 Å². The van der Waals surface area contributed by atoms with E-state index in [1.807, 2.05) is 31.3 Å². The molecule has 0 unspecified atom stereocenters. The van der Waals surface area contributed by atoms with Gasteiger partial charge < -0.3 is 15.3 Å². The molecule has 110 valence electrons. The third-order valence-electron chi connectivity index (χ3n) is 4.04. The lowest BCUT2D eigenvalue weighted by Gasteiger charge is -2.33. The van der Waals surface area contributed by atoms with Crippen LogP contribution in [0.15, 0.2) is 42.6 Å². The molecular weight excluding hydrogens is 262 g/mol. The molecule has 1 aliphatic rings. The van der Waals surface area contributed by atoms with E-state index >= 15 is 0 Å². The average Bonchev–Trinajstić information content (AvgIpc) is 2.52. The van der Waals surface area contributed by atoms with Gasteiger partial charge in [-0.05, 0) is 55.7 Å². The summed E-state index contributed by atoms with van der Waals surface area (Å²) in [5.74, 6) is 1.39. The maximum atomic E-state index is 9.46. The molecule has 1 aliphatic heterocycles. The van der Waals surface area contributed by atoms with Crippen LogP contribution < -0.4 is 10.2 Å². The van der Waals surface area contributed by atoms with E-state index in [4.69, 9.17) is 0 Å². The molecule has 1 saturated heterocycles. The van der Waals surface area contributed by atoms with E-state index < -0.39 is 0 Å². The number of pyridine rings is 1. The van der Waals surface area contributed by atoms with Gasteiger partial charge in [-0.25, -0.2) is 4.98 Å². The summed E-state index contributed by atoms with van der Waals surface area (Å²) >= 11 is 0. The van der Waals surface area contributed by atoms with E-state index in [1.54, 1.807) is 12.1 Å². The monoisotopic (exact) mass is 283 g/mol. The van der Waals surface area contributed by atoms with Crippen LogP contribution in [0.4, 0.5) is 11.5 Å². The van der Waals surface area contributed by atoms with Crippen LogP contribution in [0.5, 0.6) is 5.75 Å². The van der Waals surface area contributed by atoms with Crippen LogP contribution in [0.2, 0.25) is 0 Å². The number of aromatic hydroxyl groups is 1. The third kappa shape index (κ3) is 3.27. The molecule has 2 heterocycles. The first kappa shape index (κ1) is 13.7. The number of nitrogens with one attached hydrogen (secondary N) is 1. The smallest absolute Gasteiger partial charge is 0.128 e. The molecule has 2 aromatic rings. The molecule has 1 aromatic heterocycles. The third-order valence-corrected chi connectivity index (χ3v) is 4.04. The minimum atomic E-state index is 0.322. The van der Waals surface area contributed by atoms with Crippen molar-refractivity contribution in [1.29, 1.82) is 0 Å². The Hall–Kier alpha value is -2.23. The molecule has 0 aliphatic carbocycles. The van der Waals surface area contributed by atoms with Gasteiger partial charge in [0.2, 0.25) is 0 Å². The number of aryl methyl sites for hydroxylation is 1. The van der Waals surface area contributed by atoms with Gasteiger partial charge in [-0.1, -0.05) is 6.07 Å². The lowest BCUT2D eigenvalue weighted by atomic mass is 10.0. The Morgan fingerprint density at radius 2 is 2.00 bits per heavy atom. The molecule has 3 rings (SSSR count). The zero-order chi connectivity index (χ0) is 14.7. The van der Waals surface area contributed by atoms with Crippen molar-refractivity contribution in [2.75, 3.05) is 23.3 Å². The van der Waals surface area contributed by atoms with Crippen molar-refractivity contribution in [3.05, 3.63) is 48.2 Å². The predicted octanol–water partition coefficient (Wildman–Crippen LogP) is 3.18. The van der Waals surface area contributed by atoms with Gasteiger partial charge in [0.1, 0.15) is 11.6 Å². The fraction of sp³-hybridized carbons (Fsp3) is 0.353. The summed E-state index contributed by atoms with van der Waals surface area (Å²) in [6, 6.07) is 12.0. The molecule has 0 radical (unpaired) electrons. The highest BCUT2D eigenvalue weighted by atomic mass is 16.3. The number of piperidine rings is 1. The molecule has 0 saturated carbocycles. The van der Waals surface area contributed by atoms with Crippen LogP contribution in [0.25, 0.3) is 0 Å². The maximum absolute atomic E-state index is 9.46. The minimum Gasteiger partial charge on any atom is -0.508 e. The number of rotatable bonds is 3. The van der Waals surface area contributed by atoms with Gasteiger partial charge in [-0.2, -0.15) is 0 Å². The Kier molecular flexibility index (Phi) is 3.95. The summed E-state index contributed by atoms with van der Waals surface area (Å²) in [5, 5.41) is 13.1. The lowest BCUT2D eigenvalue weighted by Crippen LogP contribution is -2.39. The summed E-state index contributed by atoms with van der Waals surface area (Å²) in [5.41, 5.74) is 2.20. The number of aromatic nitrogens is 1. The lowest BCUT2D eigenvalue weighted by molar-refractivity contribution is 0.474. The molecule has 4 nitrogen and oxygen atoms in total. The van der Waals surface area contributed by atoms with E-state index in [1.165, 1.54) is 0 Å². The van der Waals surface area contributed by atoms with E-state index in [0.29, 0.717) is 11.8 Å². The van der Waals surface area contributed by atoms with Gasteiger partial charge in [0.05, 0.1) is 0 Å². The highest BCUT2D eigenvalue weighted by Crippen LogP contribution is 2.24. The van der Waals surface area contributed by atoms with Gasteiger partial charge in [0.15, 0.2) is 0 Å². The second kappa shape index (κ2) is 6.04. The summed E-state index contributed by atoms with van der Waals surface area (Å²) in [6.07, 6.45) is 4.03.